The Morgan fingerprint density at radius 1 is 1.06 bits per heavy atom. The van der Waals surface area contributed by atoms with Crippen molar-refractivity contribution >= 4 is 29.9 Å². The second-order valence-electron chi connectivity index (χ2n) is 10.5. The molecule has 0 aliphatic heterocycles. The maximum absolute atomic E-state index is 13.8. The Labute approximate surface area is 191 Å². The third-order valence-corrected chi connectivity index (χ3v) is 9.01. The molecule has 0 amide bonds. The van der Waals surface area contributed by atoms with Gasteiger partial charge in [0, 0.05) is 17.0 Å². The van der Waals surface area contributed by atoms with Crippen molar-refractivity contribution < 1.29 is 17.7 Å². The highest BCUT2D eigenvalue weighted by Crippen LogP contribution is 2.57. The fraction of sp³-hybridized carbons (Fsp3) is 0.565. The first-order valence-electron chi connectivity index (χ1n) is 11.3. The van der Waals surface area contributed by atoms with E-state index >= 15 is 0 Å². The Kier molecular flexibility index (Phi) is 5.29. The number of aromatic nitrogens is 2. The molecular formula is C23H29F3N5OP. The molecule has 6 nitrogen and oxygen atoms in total. The summed E-state index contributed by atoms with van der Waals surface area (Å²) in [6.45, 7) is 3.34. The molecule has 1 heterocycles. The van der Waals surface area contributed by atoms with Crippen LogP contribution in [0, 0.1) is 17.8 Å². The number of halogens is 3. The lowest BCUT2D eigenvalue weighted by atomic mass is 9.53. The smallest absolute Gasteiger partial charge is 0.364 e. The van der Waals surface area contributed by atoms with E-state index in [0.717, 1.165) is 30.5 Å². The van der Waals surface area contributed by atoms with Gasteiger partial charge in [-0.2, -0.15) is 18.2 Å². The molecule has 4 saturated carbocycles. The minimum atomic E-state index is -4.58. The largest absolute Gasteiger partial charge is 0.421 e. The number of nitrogens with two attached hydrogens (primary N) is 1. The zero-order valence-electron chi connectivity index (χ0n) is 18.8. The van der Waals surface area contributed by atoms with Crippen LogP contribution >= 0.6 is 7.14 Å². The number of hydrogen-bond acceptors (Lipinski definition) is 6. The normalized spacial score (nSPS) is 28.7. The van der Waals surface area contributed by atoms with Crippen LogP contribution in [0.2, 0.25) is 0 Å². The second-order valence-corrected chi connectivity index (χ2v) is 13.7. The van der Waals surface area contributed by atoms with Crippen LogP contribution < -0.4 is 21.5 Å². The first-order valence-corrected chi connectivity index (χ1v) is 13.9. The maximum Gasteiger partial charge on any atom is 0.421 e. The van der Waals surface area contributed by atoms with Crippen LogP contribution in [0.25, 0.3) is 0 Å². The molecule has 6 rings (SSSR count). The van der Waals surface area contributed by atoms with Crippen LogP contribution in [0.3, 0.4) is 0 Å². The van der Waals surface area contributed by atoms with Gasteiger partial charge in [-0.15, -0.1) is 0 Å². The molecule has 10 heteroatoms. The molecule has 1 aromatic carbocycles. The van der Waals surface area contributed by atoms with E-state index in [-0.39, 0.29) is 17.3 Å². The van der Waals surface area contributed by atoms with Crippen LogP contribution in [0.1, 0.15) is 44.1 Å². The Balaban J connectivity index is 1.47. The fourth-order valence-corrected chi connectivity index (χ4v) is 7.26. The highest BCUT2D eigenvalue weighted by Gasteiger charge is 2.52. The zero-order valence-corrected chi connectivity index (χ0v) is 19.7. The summed E-state index contributed by atoms with van der Waals surface area (Å²) in [6.07, 6.45) is 2.47. The van der Waals surface area contributed by atoms with Gasteiger partial charge in [0.1, 0.15) is 18.5 Å². The molecule has 1 aromatic heterocycles. The maximum atomic E-state index is 13.8. The summed E-state index contributed by atoms with van der Waals surface area (Å²) in [5, 5.41) is 5.10. The van der Waals surface area contributed by atoms with E-state index < -0.39 is 18.9 Å². The van der Waals surface area contributed by atoms with Crippen molar-refractivity contribution in [1.29, 1.82) is 0 Å². The summed E-state index contributed by atoms with van der Waals surface area (Å²) in [4.78, 5) is 8.19. The lowest BCUT2D eigenvalue weighted by Crippen LogP contribution is -2.55. The monoisotopic (exact) mass is 479 g/mol. The minimum absolute atomic E-state index is 0.0286. The van der Waals surface area contributed by atoms with Gasteiger partial charge in [0.15, 0.2) is 0 Å². The predicted octanol–water partition coefficient (Wildman–Crippen LogP) is 5.14. The molecule has 0 saturated heterocycles. The molecule has 0 spiro atoms. The van der Waals surface area contributed by atoms with E-state index in [9.17, 15) is 17.7 Å². The van der Waals surface area contributed by atoms with Crippen molar-refractivity contribution in [3.63, 3.8) is 0 Å². The number of hydrogen-bond donors (Lipinski definition) is 2. The van der Waals surface area contributed by atoms with E-state index in [1.165, 1.54) is 19.3 Å². The lowest BCUT2D eigenvalue weighted by molar-refractivity contribution is -0.137. The SMILES string of the molecule is CP(C)(=O)c1ccc(N(N)c2ncc(C(F)(F)F)c(NC34CC5CC(CC(C5)C3)C4)n2)cc1. The minimum Gasteiger partial charge on any atom is -0.364 e. The van der Waals surface area contributed by atoms with Crippen LogP contribution in [-0.4, -0.2) is 28.8 Å². The number of benzene rings is 1. The summed E-state index contributed by atoms with van der Waals surface area (Å²) in [5.41, 5.74) is -0.721. The fourth-order valence-electron chi connectivity index (χ4n) is 6.39. The molecule has 0 radical (unpaired) electrons. The van der Waals surface area contributed by atoms with Crippen LogP contribution in [0.5, 0.6) is 0 Å². The average Bonchev–Trinajstić information content (AvgIpc) is 2.70. The van der Waals surface area contributed by atoms with E-state index in [4.69, 9.17) is 5.84 Å². The Morgan fingerprint density at radius 3 is 2.09 bits per heavy atom. The highest BCUT2D eigenvalue weighted by atomic mass is 31.2. The van der Waals surface area contributed by atoms with Gasteiger partial charge in [-0.3, -0.25) is 0 Å². The molecular weight excluding hydrogens is 450 g/mol. The number of hydrazine groups is 1. The summed E-state index contributed by atoms with van der Waals surface area (Å²) in [7, 11) is -2.43. The van der Waals surface area contributed by atoms with Gasteiger partial charge in [0.2, 0.25) is 5.95 Å². The summed E-state index contributed by atoms with van der Waals surface area (Å²) in [6, 6.07) is 6.74. The first kappa shape index (κ1) is 22.7. The van der Waals surface area contributed by atoms with Gasteiger partial charge in [-0.1, -0.05) is 0 Å². The quantitative estimate of drug-likeness (QED) is 0.351. The van der Waals surface area contributed by atoms with Crippen molar-refractivity contribution in [3.05, 3.63) is 36.0 Å². The van der Waals surface area contributed by atoms with Crippen molar-refractivity contribution in [2.45, 2.75) is 50.2 Å². The molecule has 178 valence electrons. The number of nitrogens with one attached hydrogen (secondary N) is 1. The number of rotatable bonds is 5. The van der Waals surface area contributed by atoms with Crippen LogP contribution in [0.15, 0.2) is 30.5 Å². The average molecular weight is 479 g/mol. The summed E-state index contributed by atoms with van der Waals surface area (Å²) >= 11 is 0. The summed E-state index contributed by atoms with van der Waals surface area (Å²) in [5.74, 6) is 7.71. The Morgan fingerprint density at radius 2 is 1.61 bits per heavy atom. The standard InChI is InChI=1S/C23H29F3N5OP/c1-33(2,32)18-5-3-17(4-6-18)31(27)21-28-13-19(23(24,25)26)20(29-21)30-22-10-14-7-15(11-22)9-16(8-14)12-22/h3-6,13-16H,7-12,27H2,1-2H3,(H,28,29,30). The highest BCUT2D eigenvalue weighted by molar-refractivity contribution is 7.70. The van der Waals surface area contributed by atoms with Crippen molar-refractivity contribution in [2.24, 2.45) is 23.6 Å². The van der Waals surface area contributed by atoms with E-state index in [0.29, 0.717) is 28.7 Å². The lowest BCUT2D eigenvalue weighted by Gasteiger charge is -2.57. The van der Waals surface area contributed by atoms with Gasteiger partial charge in [0.25, 0.3) is 0 Å². The van der Waals surface area contributed by atoms with Crippen molar-refractivity contribution in [1.82, 2.24) is 9.97 Å². The predicted molar refractivity (Wildman–Crippen MR) is 123 cm³/mol. The molecule has 4 aliphatic carbocycles. The number of nitrogens with zero attached hydrogens (tertiary/aromatic N) is 3. The van der Waals surface area contributed by atoms with E-state index in [1.807, 2.05) is 0 Å². The molecule has 4 bridgehead atoms. The molecule has 0 unspecified atom stereocenters. The second kappa shape index (κ2) is 7.70. The Bertz CT molecular complexity index is 1060. The Hall–Kier alpha value is -2.12. The van der Waals surface area contributed by atoms with E-state index in [1.54, 1.807) is 37.6 Å². The summed E-state index contributed by atoms with van der Waals surface area (Å²) < 4.78 is 53.7. The molecule has 4 aliphatic rings. The van der Waals surface area contributed by atoms with Gasteiger partial charge in [0.05, 0.1) is 5.69 Å². The third-order valence-electron chi connectivity index (χ3n) is 7.47. The van der Waals surface area contributed by atoms with Gasteiger partial charge in [-0.25, -0.2) is 15.8 Å². The molecule has 3 N–H and O–H groups in total. The van der Waals surface area contributed by atoms with Gasteiger partial charge < -0.3 is 9.88 Å². The van der Waals surface area contributed by atoms with Crippen LogP contribution in [0.4, 0.5) is 30.6 Å². The van der Waals surface area contributed by atoms with Gasteiger partial charge in [-0.05, 0) is 93.9 Å². The zero-order chi connectivity index (χ0) is 23.6. The van der Waals surface area contributed by atoms with Crippen LogP contribution in [-0.2, 0) is 10.7 Å². The topological polar surface area (TPSA) is 84.1 Å². The van der Waals surface area contributed by atoms with Crippen molar-refractivity contribution in [3.8, 4) is 0 Å². The van der Waals surface area contributed by atoms with E-state index in [2.05, 4.69) is 15.3 Å². The van der Waals surface area contributed by atoms with Crippen molar-refractivity contribution in [2.75, 3.05) is 23.7 Å². The molecule has 33 heavy (non-hydrogen) atoms. The number of anilines is 3. The molecule has 2 aromatic rings. The molecule has 4 fully saturated rings. The van der Waals surface area contributed by atoms with Gasteiger partial charge >= 0.3 is 6.18 Å². The third kappa shape index (κ3) is 4.37. The number of alkyl halides is 3. The first-order chi connectivity index (χ1) is 15.4. The molecule has 0 atom stereocenters.